The van der Waals surface area contributed by atoms with E-state index < -0.39 is 0 Å². The van der Waals surface area contributed by atoms with Gasteiger partial charge in [-0.25, -0.2) is 9.38 Å². The molecule has 1 N–H and O–H groups in total. The number of nitrogens with zero attached hydrogens (tertiary/aromatic N) is 2. The van der Waals surface area contributed by atoms with E-state index in [9.17, 15) is 9.59 Å². The summed E-state index contributed by atoms with van der Waals surface area (Å²) in [4.78, 5) is 30.6. The number of aryl methyl sites for hydroxylation is 1. The Hall–Kier alpha value is -4.17. The first-order valence-corrected chi connectivity index (χ1v) is 12.0. The Morgan fingerprint density at radius 2 is 1.91 bits per heavy atom. The fourth-order valence-corrected chi connectivity index (χ4v) is 4.82. The number of rotatable bonds is 7. The number of benzene rings is 3. The molecule has 2 aromatic heterocycles. The molecular formula is C27H23N3O4S. The molecule has 0 bridgehead atoms. The van der Waals surface area contributed by atoms with Crippen molar-refractivity contribution in [3.63, 3.8) is 0 Å². The Kier molecular flexibility index (Phi) is 6.20. The van der Waals surface area contributed by atoms with E-state index in [2.05, 4.69) is 10.3 Å². The van der Waals surface area contributed by atoms with Gasteiger partial charge in [0.2, 0.25) is 0 Å². The molecule has 0 radical (unpaired) electrons. The molecular weight excluding hydrogens is 462 g/mol. The molecule has 0 fully saturated rings. The van der Waals surface area contributed by atoms with Crippen LogP contribution < -0.4 is 24.9 Å². The highest BCUT2D eigenvalue weighted by Gasteiger charge is 2.12. The van der Waals surface area contributed by atoms with Crippen LogP contribution in [-0.4, -0.2) is 28.5 Å². The lowest BCUT2D eigenvalue weighted by Crippen LogP contribution is -2.22. The van der Waals surface area contributed by atoms with Crippen LogP contribution in [0.15, 0.2) is 71.5 Å². The molecule has 7 nitrogen and oxygen atoms in total. The number of thiazole rings is 1. The van der Waals surface area contributed by atoms with E-state index in [4.69, 9.17) is 9.47 Å². The lowest BCUT2D eigenvalue weighted by molar-refractivity contribution is -0.118. The van der Waals surface area contributed by atoms with E-state index in [1.54, 1.807) is 16.5 Å². The number of anilines is 1. The second-order valence-electron chi connectivity index (χ2n) is 7.98. The summed E-state index contributed by atoms with van der Waals surface area (Å²) in [6, 6.07) is 20.5. The summed E-state index contributed by atoms with van der Waals surface area (Å²) in [5, 5.41) is 2.82. The van der Waals surface area contributed by atoms with Crippen LogP contribution in [0.4, 0.5) is 5.69 Å². The van der Waals surface area contributed by atoms with Gasteiger partial charge in [0.15, 0.2) is 23.1 Å². The molecule has 8 heteroatoms. The smallest absolute Gasteiger partial charge is 0.274 e. The molecule has 1 amide bonds. The highest BCUT2D eigenvalue weighted by Crippen LogP contribution is 2.29. The Balaban J connectivity index is 1.38. The van der Waals surface area contributed by atoms with Crippen LogP contribution in [0.5, 0.6) is 11.5 Å². The second kappa shape index (κ2) is 9.60. The topological polar surface area (TPSA) is 81.9 Å². The quantitative estimate of drug-likeness (QED) is 0.374. The molecule has 35 heavy (non-hydrogen) atoms. The summed E-state index contributed by atoms with van der Waals surface area (Å²) in [5.74, 6) is 0.695. The Morgan fingerprint density at radius 3 is 2.74 bits per heavy atom. The Bertz CT molecular complexity index is 1650. The zero-order valence-corrected chi connectivity index (χ0v) is 20.1. The lowest BCUT2D eigenvalue weighted by Gasteiger charge is -2.13. The van der Waals surface area contributed by atoms with Gasteiger partial charge in [-0.05, 0) is 67.4 Å². The largest absolute Gasteiger partial charge is 0.490 e. The third-order valence-corrected chi connectivity index (χ3v) is 6.34. The summed E-state index contributed by atoms with van der Waals surface area (Å²) in [6.07, 6.45) is 1.81. The molecule has 5 rings (SSSR count). The van der Waals surface area contributed by atoms with E-state index in [-0.39, 0.29) is 18.1 Å². The van der Waals surface area contributed by atoms with Crippen molar-refractivity contribution in [2.75, 3.05) is 18.5 Å². The molecule has 0 unspecified atom stereocenters. The number of ether oxygens (including phenoxy) is 2. The molecule has 0 atom stereocenters. The number of para-hydroxylation sites is 2. The van der Waals surface area contributed by atoms with E-state index in [0.717, 1.165) is 27.8 Å². The first kappa shape index (κ1) is 22.6. The summed E-state index contributed by atoms with van der Waals surface area (Å²) < 4.78 is 13.7. The summed E-state index contributed by atoms with van der Waals surface area (Å²) in [7, 11) is 0. The summed E-state index contributed by atoms with van der Waals surface area (Å²) >= 11 is 1.34. The number of amides is 1. The molecule has 0 aliphatic rings. The molecule has 2 heterocycles. The third kappa shape index (κ3) is 4.74. The first-order valence-electron chi connectivity index (χ1n) is 11.2. The van der Waals surface area contributed by atoms with Crippen molar-refractivity contribution in [3.05, 3.63) is 92.7 Å². The van der Waals surface area contributed by atoms with Crippen LogP contribution in [0.3, 0.4) is 0 Å². The minimum atomic E-state index is -0.265. The molecule has 5 aromatic rings. The van der Waals surface area contributed by atoms with Crippen molar-refractivity contribution in [1.82, 2.24) is 9.38 Å². The van der Waals surface area contributed by atoms with Crippen molar-refractivity contribution in [2.24, 2.45) is 0 Å². The Morgan fingerprint density at radius 1 is 1.06 bits per heavy atom. The number of hydrogen-bond donors (Lipinski definition) is 1. The normalized spacial score (nSPS) is 11.8. The number of aromatic nitrogens is 2. The summed E-state index contributed by atoms with van der Waals surface area (Å²) in [5.41, 5.74) is 4.06. The molecule has 176 valence electrons. The fourth-order valence-electron chi connectivity index (χ4n) is 3.83. The van der Waals surface area contributed by atoms with Gasteiger partial charge in [0, 0.05) is 5.69 Å². The van der Waals surface area contributed by atoms with Gasteiger partial charge in [-0.2, -0.15) is 0 Å². The van der Waals surface area contributed by atoms with Crippen molar-refractivity contribution in [2.45, 2.75) is 13.8 Å². The van der Waals surface area contributed by atoms with Crippen LogP contribution in [0, 0.1) is 6.92 Å². The minimum absolute atomic E-state index is 0.107. The van der Waals surface area contributed by atoms with Gasteiger partial charge in [0.1, 0.15) is 0 Å². The number of hydrogen-bond acceptors (Lipinski definition) is 6. The molecule has 0 saturated heterocycles. The SMILES string of the molecule is CCOc1cc(C=c2sc3nc4ccccc4n3c2=O)ccc1OCC(=O)Nc1cccc(C)c1. The number of fused-ring (bicyclic) bond motifs is 3. The van der Waals surface area contributed by atoms with Crippen LogP contribution in [-0.2, 0) is 4.79 Å². The fraction of sp³-hybridized carbons (Fsp3) is 0.148. The van der Waals surface area contributed by atoms with Crippen LogP contribution >= 0.6 is 11.3 Å². The highest BCUT2D eigenvalue weighted by atomic mass is 32.1. The maximum Gasteiger partial charge on any atom is 0.274 e. The van der Waals surface area contributed by atoms with Crippen molar-refractivity contribution >= 4 is 45.0 Å². The number of nitrogens with one attached hydrogen (secondary N) is 1. The average Bonchev–Trinajstić information content (AvgIpc) is 3.35. The number of imidazole rings is 1. The first-order chi connectivity index (χ1) is 17.0. The van der Waals surface area contributed by atoms with Crippen LogP contribution in [0.2, 0.25) is 0 Å². The van der Waals surface area contributed by atoms with Gasteiger partial charge >= 0.3 is 0 Å². The zero-order chi connectivity index (χ0) is 24.4. The molecule has 0 saturated carbocycles. The maximum absolute atomic E-state index is 13.0. The third-order valence-electron chi connectivity index (χ3n) is 5.37. The van der Waals surface area contributed by atoms with E-state index >= 15 is 0 Å². The van der Waals surface area contributed by atoms with Crippen molar-refractivity contribution in [3.8, 4) is 11.5 Å². The summed E-state index contributed by atoms with van der Waals surface area (Å²) in [6.45, 7) is 4.11. The van der Waals surface area contributed by atoms with Gasteiger partial charge in [0.25, 0.3) is 11.5 Å². The molecule has 3 aromatic carbocycles. The Labute approximate surface area is 205 Å². The molecule has 0 aliphatic heterocycles. The molecule has 0 aliphatic carbocycles. The average molecular weight is 486 g/mol. The van der Waals surface area contributed by atoms with Gasteiger partial charge in [-0.3, -0.25) is 9.59 Å². The van der Waals surface area contributed by atoms with Gasteiger partial charge < -0.3 is 14.8 Å². The van der Waals surface area contributed by atoms with Gasteiger partial charge in [-0.1, -0.05) is 41.7 Å². The predicted octanol–water partition coefficient (Wildman–Crippen LogP) is 4.18. The highest BCUT2D eigenvalue weighted by molar-refractivity contribution is 7.15. The zero-order valence-electron chi connectivity index (χ0n) is 19.3. The number of carbonyl (C=O) groups is 1. The van der Waals surface area contributed by atoms with Crippen molar-refractivity contribution < 1.29 is 14.3 Å². The number of carbonyl (C=O) groups excluding carboxylic acids is 1. The standard InChI is InChI=1S/C27H23N3O4S/c1-3-33-23-14-18(11-12-22(23)34-16-25(31)28-19-8-6-7-17(2)13-19)15-24-26(32)30-21-10-5-4-9-20(21)29-27(30)35-24/h4-15H,3,16H2,1-2H3,(H,28,31). The minimum Gasteiger partial charge on any atom is -0.490 e. The van der Waals surface area contributed by atoms with Crippen molar-refractivity contribution in [1.29, 1.82) is 0 Å². The van der Waals surface area contributed by atoms with E-state index in [0.29, 0.717) is 27.6 Å². The van der Waals surface area contributed by atoms with Gasteiger partial charge in [0.05, 0.1) is 22.2 Å². The van der Waals surface area contributed by atoms with Crippen LogP contribution in [0.1, 0.15) is 18.1 Å². The van der Waals surface area contributed by atoms with Crippen LogP contribution in [0.25, 0.3) is 22.1 Å². The monoisotopic (exact) mass is 485 g/mol. The second-order valence-corrected chi connectivity index (χ2v) is 8.99. The molecule has 0 spiro atoms. The van der Waals surface area contributed by atoms with Gasteiger partial charge in [-0.15, -0.1) is 0 Å². The predicted molar refractivity (Wildman–Crippen MR) is 139 cm³/mol. The van der Waals surface area contributed by atoms with E-state index in [1.165, 1.54) is 11.3 Å². The lowest BCUT2D eigenvalue weighted by atomic mass is 10.2. The van der Waals surface area contributed by atoms with E-state index in [1.807, 2.05) is 74.5 Å². The maximum atomic E-state index is 13.0.